The van der Waals surface area contributed by atoms with Gasteiger partial charge in [-0.3, -0.25) is 4.79 Å². The molecule has 0 radical (unpaired) electrons. The molecule has 2 heterocycles. The molecule has 10 heteroatoms. The van der Waals surface area contributed by atoms with Gasteiger partial charge in [0.05, 0.1) is 29.4 Å². The lowest BCUT2D eigenvalue weighted by Gasteiger charge is -2.11. The highest BCUT2D eigenvalue weighted by Gasteiger charge is 2.18. The summed E-state index contributed by atoms with van der Waals surface area (Å²) >= 11 is 0. The van der Waals surface area contributed by atoms with Crippen LogP contribution in [0.3, 0.4) is 0 Å². The number of ether oxygens (including phenoxy) is 2. The van der Waals surface area contributed by atoms with Gasteiger partial charge in [-0.15, -0.1) is 0 Å². The second-order valence-electron chi connectivity index (χ2n) is 6.44. The highest BCUT2D eigenvalue weighted by atomic mass is 32.2. The van der Waals surface area contributed by atoms with Crippen LogP contribution in [0.25, 0.3) is 0 Å². The van der Waals surface area contributed by atoms with Gasteiger partial charge in [0.1, 0.15) is 5.76 Å². The fraction of sp³-hybridized carbons (Fsp3) is 0.368. The summed E-state index contributed by atoms with van der Waals surface area (Å²) in [5.74, 6) is -0.661. The predicted molar refractivity (Wildman–Crippen MR) is 101 cm³/mol. The molecule has 1 aromatic carbocycles. The van der Waals surface area contributed by atoms with Gasteiger partial charge in [0.2, 0.25) is 10.0 Å². The first-order valence-electron chi connectivity index (χ1n) is 9.11. The Morgan fingerprint density at radius 1 is 1.17 bits per heavy atom. The average Bonchev–Trinajstić information content (AvgIpc) is 3.43. The van der Waals surface area contributed by atoms with E-state index in [1.165, 1.54) is 30.5 Å². The van der Waals surface area contributed by atoms with Gasteiger partial charge in [0.25, 0.3) is 5.91 Å². The Morgan fingerprint density at radius 2 is 1.97 bits per heavy atom. The van der Waals surface area contributed by atoms with Crippen molar-refractivity contribution in [3.05, 3.63) is 54.0 Å². The normalized spacial score (nSPS) is 16.5. The number of furan rings is 1. The van der Waals surface area contributed by atoms with Crippen LogP contribution in [0.5, 0.6) is 0 Å². The summed E-state index contributed by atoms with van der Waals surface area (Å²) in [7, 11) is -3.76. The first-order chi connectivity index (χ1) is 13.9. The first-order valence-corrected chi connectivity index (χ1v) is 10.6. The third kappa shape index (κ3) is 6.14. The molecule has 2 N–H and O–H groups in total. The predicted octanol–water partition coefficient (Wildman–Crippen LogP) is 1.21. The molecule has 0 bridgehead atoms. The van der Waals surface area contributed by atoms with Gasteiger partial charge in [0, 0.05) is 13.2 Å². The number of nitrogens with one attached hydrogen (secondary N) is 2. The van der Waals surface area contributed by atoms with E-state index in [1.54, 1.807) is 12.1 Å². The van der Waals surface area contributed by atoms with E-state index < -0.39 is 28.5 Å². The molecule has 0 aliphatic carbocycles. The van der Waals surface area contributed by atoms with Crippen LogP contribution in [0.4, 0.5) is 0 Å². The number of sulfonamides is 1. The van der Waals surface area contributed by atoms with Crippen LogP contribution in [-0.2, 0) is 30.8 Å². The minimum absolute atomic E-state index is 0.00471. The number of hydrogen-bond donors (Lipinski definition) is 2. The molecular weight excluding hydrogens is 400 g/mol. The third-order valence-electron chi connectivity index (χ3n) is 4.30. The Balaban J connectivity index is 1.46. The van der Waals surface area contributed by atoms with Crippen molar-refractivity contribution in [2.75, 3.05) is 19.8 Å². The zero-order valence-electron chi connectivity index (χ0n) is 15.6. The third-order valence-corrected chi connectivity index (χ3v) is 5.72. The van der Waals surface area contributed by atoms with Crippen molar-refractivity contribution >= 4 is 21.9 Å². The summed E-state index contributed by atoms with van der Waals surface area (Å²) in [5, 5.41) is 2.65. The van der Waals surface area contributed by atoms with E-state index in [-0.39, 0.29) is 23.1 Å². The molecule has 1 atom stereocenters. The Labute approximate surface area is 168 Å². The zero-order valence-corrected chi connectivity index (χ0v) is 16.4. The molecule has 3 rings (SSSR count). The minimum atomic E-state index is -3.76. The van der Waals surface area contributed by atoms with Gasteiger partial charge in [-0.25, -0.2) is 17.9 Å². The molecule has 156 valence electrons. The molecule has 1 aromatic heterocycles. The number of carbonyl (C=O) groups is 2. The van der Waals surface area contributed by atoms with E-state index >= 15 is 0 Å². The van der Waals surface area contributed by atoms with Gasteiger partial charge >= 0.3 is 5.97 Å². The van der Waals surface area contributed by atoms with Crippen molar-refractivity contribution in [2.45, 2.75) is 30.4 Å². The highest BCUT2D eigenvalue weighted by Crippen LogP contribution is 2.13. The molecule has 1 aliphatic rings. The zero-order chi connectivity index (χ0) is 20.7. The van der Waals surface area contributed by atoms with Crippen LogP contribution >= 0.6 is 0 Å². The van der Waals surface area contributed by atoms with E-state index in [9.17, 15) is 18.0 Å². The Morgan fingerprint density at radius 3 is 2.62 bits per heavy atom. The highest BCUT2D eigenvalue weighted by molar-refractivity contribution is 7.89. The molecule has 1 fully saturated rings. The second-order valence-corrected chi connectivity index (χ2v) is 8.21. The molecule has 29 heavy (non-hydrogen) atoms. The maximum Gasteiger partial charge on any atom is 0.338 e. The first kappa shape index (κ1) is 21.0. The largest absolute Gasteiger partial charge is 0.468 e. The van der Waals surface area contributed by atoms with Crippen LogP contribution in [0.2, 0.25) is 0 Å². The molecule has 9 nitrogen and oxygen atoms in total. The smallest absolute Gasteiger partial charge is 0.338 e. The van der Waals surface area contributed by atoms with Crippen LogP contribution in [0.1, 0.15) is 29.0 Å². The number of esters is 1. The maximum atomic E-state index is 12.3. The quantitative estimate of drug-likeness (QED) is 0.582. The van der Waals surface area contributed by atoms with Crippen molar-refractivity contribution in [3.63, 3.8) is 0 Å². The van der Waals surface area contributed by atoms with Gasteiger partial charge in [-0.1, -0.05) is 0 Å². The van der Waals surface area contributed by atoms with Crippen LogP contribution in [0, 0.1) is 0 Å². The summed E-state index contributed by atoms with van der Waals surface area (Å²) in [6.45, 7) is 0.671. The lowest BCUT2D eigenvalue weighted by atomic mass is 10.2. The SMILES string of the molecule is O=C(COC(=O)c1ccc(S(=O)(=O)NCc2ccco2)cc1)NC[C@H]1CCCO1. The number of rotatable bonds is 9. The molecule has 2 aromatic rings. The fourth-order valence-corrected chi connectivity index (χ4v) is 3.72. The van der Waals surface area contributed by atoms with Gasteiger partial charge in [-0.2, -0.15) is 0 Å². The second kappa shape index (κ2) is 9.68. The summed E-state index contributed by atoms with van der Waals surface area (Å²) < 4.78 is 42.4. The molecule has 0 spiro atoms. The van der Waals surface area contributed by atoms with Crippen LogP contribution in [-0.4, -0.2) is 46.2 Å². The lowest BCUT2D eigenvalue weighted by Crippen LogP contribution is -2.34. The van der Waals surface area contributed by atoms with E-state index in [0.717, 1.165) is 12.8 Å². The van der Waals surface area contributed by atoms with Crippen molar-refractivity contribution in [2.24, 2.45) is 0 Å². The van der Waals surface area contributed by atoms with E-state index in [1.807, 2.05) is 0 Å². The maximum absolute atomic E-state index is 12.3. The van der Waals surface area contributed by atoms with E-state index in [4.69, 9.17) is 13.9 Å². The molecule has 1 aliphatic heterocycles. The van der Waals surface area contributed by atoms with E-state index in [2.05, 4.69) is 10.0 Å². The fourth-order valence-electron chi connectivity index (χ4n) is 2.73. The van der Waals surface area contributed by atoms with Crippen molar-refractivity contribution < 1.29 is 31.9 Å². The van der Waals surface area contributed by atoms with Crippen LogP contribution in [0.15, 0.2) is 52.0 Å². The standard InChI is InChI=1S/C19H22N2O7S/c22-18(20-11-15-3-1-9-26-15)13-28-19(23)14-5-7-17(8-6-14)29(24,25)21-12-16-4-2-10-27-16/h2,4-8,10,15,21H,1,3,9,11-13H2,(H,20,22)/t15-/m1/s1. The van der Waals surface area contributed by atoms with Crippen molar-refractivity contribution in [1.82, 2.24) is 10.0 Å². The molecule has 0 unspecified atom stereocenters. The molecule has 0 saturated carbocycles. The summed E-state index contributed by atoms with van der Waals surface area (Å²) in [6.07, 6.45) is 3.32. The number of benzene rings is 1. The molecule has 1 amide bonds. The van der Waals surface area contributed by atoms with E-state index in [0.29, 0.717) is 18.9 Å². The number of amides is 1. The average molecular weight is 422 g/mol. The topological polar surface area (TPSA) is 124 Å². The summed E-state index contributed by atoms with van der Waals surface area (Å²) in [4.78, 5) is 23.8. The summed E-state index contributed by atoms with van der Waals surface area (Å²) in [5.41, 5.74) is 0.141. The summed E-state index contributed by atoms with van der Waals surface area (Å²) in [6, 6.07) is 8.55. The van der Waals surface area contributed by atoms with Crippen molar-refractivity contribution in [1.29, 1.82) is 0 Å². The molecular formula is C19H22N2O7S. The number of hydrogen-bond acceptors (Lipinski definition) is 7. The van der Waals surface area contributed by atoms with Crippen LogP contribution < -0.4 is 10.0 Å². The lowest BCUT2D eigenvalue weighted by molar-refractivity contribution is -0.124. The molecule has 1 saturated heterocycles. The van der Waals surface area contributed by atoms with Gasteiger partial charge < -0.3 is 19.2 Å². The monoisotopic (exact) mass is 422 g/mol. The van der Waals surface area contributed by atoms with Gasteiger partial charge in [-0.05, 0) is 49.2 Å². The van der Waals surface area contributed by atoms with Gasteiger partial charge in [0.15, 0.2) is 6.61 Å². The number of carbonyl (C=O) groups excluding carboxylic acids is 2. The Hall–Kier alpha value is -2.69. The van der Waals surface area contributed by atoms with Crippen molar-refractivity contribution in [3.8, 4) is 0 Å². The Bertz CT molecular complexity index is 918. The Kier molecular flexibility index (Phi) is 7.02. The minimum Gasteiger partial charge on any atom is -0.468 e.